The lowest BCUT2D eigenvalue weighted by Gasteiger charge is -2.03. The Morgan fingerprint density at radius 3 is 2.92 bits per heavy atom. The van der Waals surface area contributed by atoms with E-state index in [9.17, 15) is 9.59 Å². The van der Waals surface area contributed by atoms with Crippen molar-refractivity contribution in [2.45, 2.75) is 12.6 Å². The molecular formula is C8H10N2O3. The zero-order valence-corrected chi connectivity index (χ0v) is 7.27. The molecule has 1 fully saturated rings. The minimum absolute atomic E-state index is 0.0489. The lowest BCUT2D eigenvalue weighted by atomic mass is 10.4. The summed E-state index contributed by atoms with van der Waals surface area (Å²) in [5.74, 6) is 0. The number of aromatic nitrogens is 2. The van der Waals surface area contributed by atoms with Crippen LogP contribution in [-0.4, -0.2) is 21.8 Å². The molecule has 0 saturated carbocycles. The van der Waals surface area contributed by atoms with E-state index in [1.165, 1.54) is 21.4 Å². The summed E-state index contributed by atoms with van der Waals surface area (Å²) in [6.45, 7) is 1.01. The molecule has 1 aliphatic heterocycles. The van der Waals surface area contributed by atoms with Gasteiger partial charge in [0, 0.05) is 19.3 Å². The first-order valence-corrected chi connectivity index (χ1v) is 4.06. The Kier molecular flexibility index (Phi) is 1.81. The van der Waals surface area contributed by atoms with Gasteiger partial charge in [0.05, 0.1) is 19.3 Å². The lowest BCUT2D eigenvalue weighted by Crippen LogP contribution is -2.39. The lowest BCUT2D eigenvalue weighted by molar-refractivity contribution is 0.374. The number of epoxide rings is 1. The van der Waals surface area contributed by atoms with Crippen LogP contribution in [-0.2, 0) is 18.3 Å². The molecule has 0 aliphatic carbocycles. The van der Waals surface area contributed by atoms with Gasteiger partial charge >= 0.3 is 5.69 Å². The maximum atomic E-state index is 11.4. The minimum Gasteiger partial charge on any atom is -0.371 e. The van der Waals surface area contributed by atoms with E-state index in [0.29, 0.717) is 13.2 Å². The number of nitrogens with zero attached hydrogens (tertiary/aromatic N) is 2. The Bertz CT molecular complexity index is 428. The van der Waals surface area contributed by atoms with E-state index in [-0.39, 0.29) is 17.4 Å². The summed E-state index contributed by atoms with van der Waals surface area (Å²) >= 11 is 0. The molecule has 13 heavy (non-hydrogen) atoms. The highest BCUT2D eigenvalue weighted by Crippen LogP contribution is 2.08. The predicted molar refractivity (Wildman–Crippen MR) is 45.7 cm³/mol. The largest absolute Gasteiger partial charge is 0.371 e. The van der Waals surface area contributed by atoms with Crippen molar-refractivity contribution in [3.8, 4) is 0 Å². The van der Waals surface area contributed by atoms with E-state index in [0.717, 1.165) is 0 Å². The SMILES string of the molecule is Cn1ccc(=O)n(CC2CO2)c1=O. The second-order valence-electron chi connectivity index (χ2n) is 3.11. The maximum absolute atomic E-state index is 11.4. The smallest absolute Gasteiger partial charge is 0.330 e. The minimum atomic E-state index is -0.289. The number of rotatable bonds is 2. The van der Waals surface area contributed by atoms with Crippen molar-refractivity contribution in [3.63, 3.8) is 0 Å². The first kappa shape index (κ1) is 8.25. The van der Waals surface area contributed by atoms with Crippen LogP contribution >= 0.6 is 0 Å². The fourth-order valence-electron chi connectivity index (χ4n) is 1.16. The van der Waals surface area contributed by atoms with Crippen molar-refractivity contribution < 1.29 is 4.74 Å². The average molecular weight is 182 g/mol. The molecule has 0 spiro atoms. The number of aryl methyl sites for hydroxylation is 1. The third-order valence-corrected chi connectivity index (χ3v) is 2.03. The molecule has 2 heterocycles. The second-order valence-corrected chi connectivity index (χ2v) is 3.11. The second kappa shape index (κ2) is 2.85. The third kappa shape index (κ3) is 1.55. The molecule has 70 valence electrons. The van der Waals surface area contributed by atoms with Gasteiger partial charge in [-0.2, -0.15) is 0 Å². The number of hydrogen-bond donors (Lipinski definition) is 0. The fraction of sp³-hybridized carbons (Fsp3) is 0.500. The Balaban J connectivity index is 2.46. The van der Waals surface area contributed by atoms with Crippen molar-refractivity contribution >= 4 is 0 Å². The van der Waals surface area contributed by atoms with Crippen LogP contribution in [0.4, 0.5) is 0 Å². The van der Waals surface area contributed by atoms with Gasteiger partial charge in [-0.15, -0.1) is 0 Å². The molecule has 5 nitrogen and oxygen atoms in total. The number of ether oxygens (including phenoxy) is 1. The molecule has 1 unspecified atom stereocenters. The van der Waals surface area contributed by atoms with Gasteiger partial charge in [0.1, 0.15) is 0 Å². The Labute approximate surface area is 74.2 Å². The standard InChI is InChI=1S/C8H10N2O3/c1-9-3-2-7(11)10(8(9)12)4-6-5-13-6/h2-3,6H,4-5H2,1H3. The van der Waals surface area contributed by atoms with E-state index >= 15 is 0 Å². The molecule has 1 saturated heterocycles. The molecular weight excluding hydrogens is 172 g/mol. The van der Waals surface area contributed by atoms with Gasteiger partial charge in [-0.1, -0.05) is 0 Å². The van der Waals surface area contributed by atoms with Crippen LogP contribution in [0.25, 0.3) is 0 Å². The van der Waals surface area contributed by atoms with E-state index < -0.39 is 0 Å². The Morgan fingerprint density at radius 1 is 1.62 bits per heavy atom. The maximum Gasteiger partial charge on any atom is 0.330 e. The Hall–Kier alpha value is -1.36. The summed E-state index contributed by atoms with van der Waals surface area (Å²) in [6, 6.07) is 1.38. The summed E-state index contributed by atoms with van der Waals surface area (Å²) < 4.78 is 7.53. The van der Waals surface area contributed by atoms with Crippen LogP contribution in [0.5, 0.6) is 0 Å². The molecule has 1 atom stereocenters. The van der Waals surface area contributed by atoms with E-state index in [4.69, 9.17) is 4.74 Å². The van der Waals surface area contributed by atoms with Gasteiger partial charge in [0.2, 0.25) is 0 Å². The summed E-state index contributed by atoms with van der Waals surface area (Å²) in [4.78, 5) is 22.7. The van der Waals surface area contributed by atoms with Gasteiger partial charge in [0.25, 0.3) is 5.56 Å². The summed E-state index contributed by atoms with van der Waals surface area (Å²) in [5, 5.41) is 0. The molecule has 2 rings (SSSR count). The monoisotopic (exact) mass is 182 g/mol. The van der Waals surface area contributed by atoms with E-state index in [2.05, 4.69) is 0 Å². The first-order valence-electron chi connectivity index (χ1n) is 4.06. The first-order chi connectivity index (χ1) is 6.18. The third-order valence-electron chi connectivity index (χ3n) is 2.03. The van der Waals surface area contributed by atoms with Gasteiger partial charge in [-0.25, -0.2) is 4.79 Å². The van der Waals surface area contributed by atoms with Crippen molar-refractivity contribution in [2.24, 2.45) is 7.05 Å². The van der Waals surface area contributed by atoms with Gasteiger partial charge in [0.15, 0.2) is 0 Å². The van der Waals surface area contributed by atoms with Crippen molar-refractivity contribution in [3.05, 3.63) is 33.1 Å². The van der Waals surface area contributed by atoms with Gasteiger partial charge < -0.3 is 9.30 Å². The quantitative estimate of drug-likeness (QED) is 0.548. The van der Waals surface area contributed by atoms with Crippen molar-refractivity contribution in [1.82, 2.24) is 9.13 Å². The van der Waals surface area contributed by atoms with Crippen LogP contribution in [0, 0.1) is 0 Å². The molecule has 1 aromatic heterocycles. The zero-order chi connectivity index (χ0) is 9.42. The summed E-state index contributed by atoms with van der Waals surface area (Å²) in [5.41, 5.74) is -0.554. The van der Waals surface area contributed by atoms with Gasteiger partial charge in [-0.3, -0.25) is 9.36 Å². The molecule has 5 heteroatoms. The molecule has 1 aromatic rings. The number of hydrogen-bond acceptors (Lipinski definition) is 3. The van der Waals surface area contributed by atoms with E-state index in [1.54, 1.807) is 7.05 Å². The molecule has 0 radical (unpaired) electrons. The van der Waals surface area contributed by atoms with Crippen LogP contribution in [0.2, 0.25) is 0 Å². The summed E-state index contributed by atoms with van der Waals surface area (Å²) in [7, 11) is 1.62. The highest BCUT2D eigenvalue weighted by molar-refractivity contribution is 4.87. The van der Waals surface area contributed by atoms with E-state index in [1.807, 2.05) is 0 Å². The topological polar surface area (TPSA) is 56.5 Å². The van der Waals surface area contributed by atoms with Crippen molar-refractivity contribution in [1.29, 1.82) is 0 Å². The highest BCUT2D eigenvalue weighted by atomic mass is 16.6. The van der Waals surface area contributed by atoms with Crippen LogP contribution in [0.1, 0.15) is 0 Å². The zero-order valence-electron chi connectivity index (χ0n) is 7.27. The van der Waals surface area contributed by atoms with Crippen LogP contribution in [0.3, 0.4) is 0 Å². The van der Waals surface area contributed by atoms with Crippen molar-refractivity contribution in [2.75, 3.05) is 6.61 Å². The molecule has 0 N–H and O–H groups in total. The summed E-state index contributed by atoms with van der Waals surface area (Å²) in [6.07, 6.45) is 1.52. The van der Waals surface area contributed by atoms with Gasteiger partial charge in [-0.05, 0) is 0 Å². The predicted octanol–water partition coefficient (Wildman–Crippen LogP) is -1.05. The molecule has 1 aliphatic rings. The molecule has 0 amide bonds. The highest BCUT2D eigenvalue weighted by Gasteiger charge is 2.24. The molecule has 0 aromatic carbocycles. The average Bonchev–Trinajstić information content (AvgIpc) is 2.89. The van der Waals surface area contributed by atoms with Crippen LogP contribution < -0.4 is 11.2 Å². The molecule has 0 bridgehead atoms. The Morgan fingerprint density at radius 2 is 2.31 bits per heavy atom. The fourth-order valence-corrected chi connectivity index (χ4v) is 1.16. The van der Waals surface area contributed by atoms with Crippen LogP contribution in [0.15, 0.2) is 21.9 Å². The normalized spacial score (nSPS) is 20.2.